The summed E-state index contributed by atoms with van der Waals surface area (Å²) in [6, 6.07) is 19.5. The minimum absolute atomic E-state index is 0.0914. The standard InChI is InChI=1S/C17H12F2NOP/c18-16-12-11-15(17(19)20-16)22(21,13-7-3-1-4-8-13)14-9-5-2-6-10-14/h1-12H. The molecule has 0 atom stereocenters. The fourth-order valence-corrected chi connectivity index (χ4v) is 4.98. The zero-order valence-electron chi connectivity index (χ0n) is 11.5. The molecule has 0 bridgehead atoms. The van der Waals surface area contributed by atoms with Gasteiger partial charge in [0.15, 0.2) is 7.14 Å². The molecule has 0 N–H and O–H groups in total. The Bertz CT molecular complexity index is 794. The predicted molar refractivity (Wildman–Crippen MR) is 83.5 cm³/mol. The zero-order chi connectivity index (χ0) is 15.6. The van der Waals surface area contributed by atoms with E-state index in [9.17, 15) is 13.3 Å². The number of hydrogen-bond donors (Lipinski definition) is 0. The van der Waals surface area contributed by atoms with Gasteiger partial charge in [-0.2, -0.15) is 13.8 Å². The van der Waals surface area contributed by atoms with Gasteiger partial charge in [-0.1, -0.05) is 60.7 Å². The minimum Gasteiger partial charge on any atom is -0.308 e. The van der Waals surface area contributed by atoms with Crippen LogP contribution < -0.4 is 15.9 Å². The lowest BCUT2D eigenvalue weighted by Crippen LogP contribution is -2.28. The van der Waals surface area contributed by atoms with E-state index in [0.29, 0.717) is 10.6 Å². The van der Waals surface area contributed by atoms with E-state index in [1.165, 1.54) is 6.07 Å². The Morgan fingerprint density at radius 1 is 0.727 bits per heavy atom. The Hall–Kier alpha value is -2.32. The summed E-state index contributed by atoms with van der Waals surface area (Å²) in [5.41, 5.74) is 0. The summed E-state index contributed by atoms with van der Waals surface area (Å²) in [7, 11) is -3.44. The molecule has 0 fully saturated rings. The number of benzene rings is 2. The molecule has 5 heteroatoms. The van der Waals surface area contributed by atoms with E-state index >= 15 is 0 Å². The average molecular weight is 315 g/mol. The molecule has 0 unspecified atom stereocenters. The summed E-state index contributed by atoms with van der Waals surface area (Å²) >= 11 is 0. The molecule has 2 nitrogen and oxygen atoms in total. The van der Waals surface area contributed by atoms with E-state index in [2.05, 4.69) is 4.98 Å². The molecular weight excluding hydrogens is 303 g/mol. The summed E-state index contributed by atoms with van der Waals surface area (Å²) in [6.07, 6.45) is 0. The van der Waals surface area contributed by atoms with Crippen molar-refractivity contribution in [1.29, 1.82) is 0 Å². The van der Waals surface area contributed by atoms with Gasteiger partial charge in [0.05, 0.1) is 5.30 Å². The maximum Gasteiger partial charge on any atom is 0.226 e. The average Bonchev–Trinajstić information content (AvgIpc) is 2.56. The molecule has 0 radical (unpaired) electrons. The predicted octanol–water partition coefficient (Wildman–Crippen LogP) is 3.00. The molecule has 3 aromatic rings. The third kappa shape index (κ3) is 2.46. The van der Waals surface area contributed by atoms with Gasteiger partial charge >= 0.3 is 0 Å². The van der Waals surface area contributed by atoms with Gasteiger partial charge in [0.2, 0.25) is 11.9 Å². The number of pyridine rings is 1. The van der Waals surface area contributed by atoms with Crippen molar-refractivity contribution in [2.75, 3.05) is 0 Å². The van der Waals surface area contributed by atoms with Crippen molar-refractivity contribution < 1.29 is 13.3 Å². The van der Waals surface area contributed by atoms with Gasteiger partial charge < -0.3 is 4.57 Å². The number of nitrogens with zero attached hydrogens (tertiary/aromatic N) is 1. The first kappa shape index (κ1) is 14.6. The highest BCUT2D eigenvalue weighted by Crippen LogP contribution is 2.42. The summed E-state index contributed by atoms with van der Waals surface area (Å²) < 4.78 is 41.0. The molecule has 0 saturated carbocycles. The molecule has 110 valence electrons. The Balaban J connectivity index is 2.31. The van der Waals surface area contributed by atoms with Crippen LogP contribution in [0.4, 0.5) is 8.78 Å². The summed E-state index contributed by atoms with van der Waals surface area (Å²) in [4.78, 5) is 3.19. The van der Waals surface area contributed by atoms with Crippen LogP contribution in [0.1, 0.15) is 0 Å². The van der Waals surface area contributed by atoms with Crippen molar-refractivity contribution in [3.63, 3.8) is 0 Å². The number of rotatable bonds is 3. The summed E-state index contributed by atoms with van der Waals surface area (Å²) in [6.45, 7) is 0. The second-order valence-corrected chi connectivity index (χ2v) is 7.46. The molecule has 0 aliphatic carbocycles. The van der Waals surface area contributed by atoms with E-state index in [0.717, 1.165) is 6.07 Å². The van der Waals surface area contributed by atoms with E-state index in [-0.39, 0.29) is 5.30 Å². The fourth-order valence-electron chi connectivity index (χ4n) is 2.34. The van der Waals surface area contributed by atoms with Crippen LogP contribution in [-0.4, -0.2) is 4.98 Å². The summed E-state index contributed by atoms with van der Waals surface area (Å²) in [5.74, 6) is -1.98. The molecule has 3 rings (SSSR count). The van der Waals surface area contributed by atoms with Crippen LogP contribution in [0.25, 0.3) is 0 Å². The molecular formula is C17H12F2NOP. The van der Waals surface area contributed by atoms with Gasteiger partial charge in [-0.3, -0.25) is 0 Å². The first-order chi connectivity index (χ1) is 10.6. The highest BCUT2D eigenvalue weighted by molar-refractivity contribution is 7.85. The van der Waals surface area contributed by atoms with Gasteiger partial charge in [-0.15, -0.1) is 0 Å². The van der Waals surface area contributed by atoms with Crippen LogP contribution in [-0.2, 0) is 4.57 Å². The van der Waals surface area contributed by atoms with Gasteiger partial charge in [-0.25, -0.2) is 0 Å². The van der Waals surface area contributed by atoms with E-state index in [1.807, 2.05) is 0 Å². The van der Waals surface area contributed by atoms with E-state index in [4.69, 9.17) is 0 Å². The van der Waals surface area contributed by atoms with Gasteiger partial charge in [0.1, 0.15) is 0 Å². The largest absolute Gasteiger partial charge is 0.308 e. The van der Waals surface area contributed by atoms with Crippen LogP contribution in [0.2, 0.25) is 0 Å². The van der Waals surface area contributed by atoms with Gasteiger partial charge in [0.25, 0.3) is 0 Å². The number of aromatic nitrogens is 1. The second-order valence-electron chi connectivity index (χ2n) is 4.72. The number of hydrogen-bond acceptors (Lipinski definition) is 2. The lowest BCUT2D eigenvalue weighted by Gasteiger charge is -2.19. The normalized spacial score (nSPS) is 11.4. The molecule has 1 heterocycles. The fraction of sp³-hybridized carbons (Fsp3) is 0. The third-order valence-electron chi connectivity index (χ3n) is 3.37. The maximum absolute atomic E-state index is 14.2. The first-order valence-corrected chi connectivity index (χ1v) is 8.37. The van der Waals surface area contributed by atoms with Crippen molar-refractivity contribution in [1.82, 2.24) is 4.98 Å². The Morgan fingerprint density at radius 3 is 1.68 bits per heavy atom. The van der Waals surface area contributed by atoms with Crippen molar-refractivity contribution >= 4 is 23.1 Å². The van der Waals surface area contributed by atoms with Crippen molar-refractivity contribution in [3.8, 4) is 0 Å². The number of halogens is 2. The van der Waals surface area contributed by atoms with Crippen LogP contribution in [0.3, 0.4) is 0 Å². The summed E-state index contributed by atoms with van der Waals surface area (Å²) in [5, 5.41) is 0.869. The van der Waals surface area contributed by atoms with Crippen molar-refractivity contribution in [2.45, 2.75) is 0 Å². The third-order valence-corrected chi connectivity index (χ3v) is 6.44. The quantitative estimate of drug-likeness (QED) is 0.549. The monoisotopic (exact) mass is 315 g/mol. The highest BCUT2D eigenvalue weighted by Gasteiger charge is 2.33. The Labute approximate surface area is 126 Å². The molecule has 2 aromatic carbocycles. The van der Waals surface area contributed by atoms with Crippen LogP contribution >= 0.6 is 7.14 Å². The smallest absolute Gasteiger partial charge is 0.226 e. The van der Waals surface area contributed by atoms with Crippen LogP contribution in [0, 0.1) is 11.9 Å². The Morgan fingerprint density at radius 2 is 1.23 bits per heavy atom. The molecule has 0 aliphatic rings. The molecule has 1 aromatic heterocycles. The minimum atomic E-state index is -3.44. The molecule has 0 spiro atoms. The lowest BCUT2D eigenvalue weighted by atomic mass is 10.4. The zero-order valence-corrected chi connectivity index (χ0v) is 12.4. The second kappa shape index (κ2) is 5.82. The van der Waals surface area contributed by atoms with Crippen molar-refractivity contribution in [3.05, 3.63) is 84.7 Å². The van der Waals surface area contributed by atoms with Crippen molar-refractivity contribution in [2.24, 2.45) is 0 Å². The lowest BCUT2D eigenvalue weighted by molar-refractivity contribution is 0.517. The van der Waals surface area contributed by atoms with Crippen LogP contribution in [0.5, 0.6) is 0 Å². The highest BCUT2D eigenvalue weighted by atomic mass is 31.2. The molecule has 0 amide bonds. The van der Waals surface area contributed by atoms with Crippen LogP contribution in [0.15, 0.2) is 72.8 Å². The molecule has 22 heavy (non-hydrogen) atoms. The maximum atomic E-state index is 14.2. The molecule has 0 saturated heterocycles. The SMILES string of the molecule is O=P(c1ccccc1)(c1ccccc1)c1ccc(F)nc1F. The van der Waals surface area contributed by atoms with E-state index in [1.54, 1.807) is 60.7 Å². The topological polar surface area (TPSA) is 30.0 Å². The first-order valence-electron chi connectivity index (χ1n) is 6.66. The van der Waals surface area contributed by atoms with Gasteiger partial charge in [-0.05, 0) is 12.1 Å². The van der Waals surface area contributed by atoms with Gasteiger partial charge in [0, 0.05) is 10.6 Å². The molecule has 0 aliphatic heterocycles. The Kier molecular flexibility index (Phi) is 3.86. The van der Waals surface area contributed by atoms with E-state index < -0.39 is 19.0 Å².